The maximum Gasteiger partial charge on any atom is 0.358 e. The van der Waals surface area contributed by atoms with Crippen LogP contribution in [0, 0.1) is 0 Å². The molecule has 0 atom stereocenters. The zero-order chi connectivity index (χ0) is 9.14. The van der Waals surface area contributed by atoms with Crippen LogP contribution < -0.4 is 0 Å². The smallest absolute Gasteiger partial charge is 0.358 e. The first-order valence-corrected chi connectivity index (χ1v) is 3.90. The summed E-state index contributed by atoms with van der Waals surface area (Å²) in [4.78, 5) is 14.4. The number of oxazole rings is 1. The molecule has 1 aromatic rings. The molecule has 4 nitrogen and oxygen atoms in total. The van der Waals surface area contributed by atoms with Gasteiger partial charge in [-0.2, -0.15) is 0 Å². The lowest BCUT2D eigenvalue weighted by Gasteiger charge is -1.88. The maximum atomic E-state index is 10.6. The van der Waals surface area contributed by atoms with E-state index in [2.05, 4.69) is 4.98 Å². The molecular formula is C8H11NO3. The number of rotatable bonds is 3. The number of carboxylic acid groups (broad SMARTS) is 1. The third-order valence-corrected chi connectivity index (χ3v) is 1.57. The number of nitrogens with zero attached hydrogens (tertiary/aromatic N) is 1. The van der Waals surface area contributed by atoms with Gasteiger partial charge in [0.25, 0.3) is 0 Å². The Balaban J connectivity index is 3.08. The molecule has 12 heavy (non-hydrogen) atoms. The SMILES string of the molecule is CCc1nc(C(=O)O)c(CC)o1. The van der Waals surface area contributed by atoms with Crippen LogP contribution in [0.25, 0.3) is 0 Å². The Morgan fingerprint density at radius 1 is 1.50 bits per heavy atom. The number of aryl methyl sites for hydroxylation is 2. The van der Waals surface area contributed by atoms with Crippen molar-refractivity contribution in [2.24, 2.45) is 0 Å². The van der Waals surface area contributed by atoms with Crippen LogP contribution in [0.15, 0.2) is 4.42 Å². The van der Waals surface area contributed by atoms with E-state index in [1.54, 1.807) is 0 Å². The molecule has 1 N–H and O–H groups in total. The van der Waals surface area contributed by atoms with Gasteiger partial charge in [0.2, 0.25) is 0 Å². The normalized spacial score (nSPS) is 10.2. The summed E-state index contributed by atoms with van der Waals surface area (Å²) in [6, 6.07) is 0. The molecule has 0 fully saturated rings. The van der Waals surface area contributed by atoms with Gasteiger partial charge in [-0.1, -0.05) is 13.8 Å². The van der Waals surface area contributed by atoms with Crippen LogP contribution in [0.1, 0.15) is 36.0 Å². The number of aromatic nitrogens is 1. The van der Waals surface area contributed by atoms with Crippen LogP contribution in [0.3, 0.4) is 0 Å². The number of carboxylic acids is 1. The van der Waals surface area contributed by atoms with E-state index >= 15 is 0 Å². The summed E-state index contributed by atoms with van der Waals surface area (Å²) in [5.41, 5.74) is 0.0503. The van der Waals surface area contributed by atoms with E-state index in [-0.39, 0.29) is 5.69 Å². The molecule has 1 rings (SSSR count). The van der Waals surface area contributed by atoms with Gasteiger partial charge < -0.3 is 9.52 Å². The number of hydrogen-bond acceptors (Lipinski definition) is 3. The average Bonchev–Trinajstić information content (AvgIpc) is 2.47. The van der Waals surface area contributed by atoms with Gasteiger partial charge in [-0.05, 0) is 0 Å². The van der Waals surface area contributed by atoms with Crippen LogP contribution >= 0.6 is 0 Å². The molecule has 0 aliphatic carbocycles. The maximum absolute atomic E-state index is 10.6. The highest BCUT2D eigenvalue weighted by Gasteiger charge is 2.16. The summed E-state index contributed by atoms with van der Waals surface area (Å²) in [7, 11) is 0. The Morgan fingerprint density at radius 2 is 2.17 bits per heavy atom. The van der Waals surface area contributed by atoms with E-state index in [0.29, 0.717) is 24.5 Å². The first kappa shape index (κ1) is 8.77. The van der Waals surface area contributed by atoms with Crippen molar-refractivity contribution in [1.82, 2.24) is 4.98 Å². The first-order chi connectivity index (χ1) is 5.69. The molecule has 1 heterocycles. The lowest BCUT2D eigenvalue weighted by molar-refractivity contribution is 0.0689. The second-order valence-corrected chi connectivity index (χ2v) is 2.39. The van der Waals surface area contributed by atoms with E-state index in [9.17, 15) is 4.79 Å². The summed E-state index contributed by atoms with van der Waals surface area (Å²) in [6.07, 6.45) is 1.19. The zero-order valence-electron chi connectivity index (χ0n) is 7.13. The number of hydrogen-bond donors (Lipinski definition) is 1. The lowest BCUT2D eigenvalue weighted by atomic mass is 10.3. The minimum absolute atomic E-state index is 0.0503. The van der Waals surface area contributed by atoms with Gasteiger partial charge in [0.1, 0.15) is 5.76 Å². The van der Waals surface area contributed by atoms with Gasteiger partial charge in [-0.15, -0.1) is 0 Å². The van der Waals surface area contributed by atoms with Gasteiger partial charge in [0.15, 0.2) is 11.6 Å². The largest absolute Gasteiger partial charge is 0.476 e. The van der Waals surface area contributed by atoms with Crippen LogP contribution in [-0.2, 0) is 12.8 Å². The molecule has 4 heteroatoms. The van der Waals surface area contributed by atoms with Crippen molar-refractivity contribution in [1.29, 1.82) is 0 Å². The van der Waals surface area contributed by atoms with E-state index in [4.69, 9.17) is 9.52 Å². The Bertz CT molecular complexity index is 290. The van der Waals surface area contributed by atoms with E-state index in [1.165, 1.54) is 0 Å². The fourth-order valence-corrected chi connectivity index (χ4v) is 0.958. The van der Waals surface area contributed by atoms with Crippen LogP contribution in [0.4, 0.5) is 0 Å². The summed E-state index contributed by atoms with van der Waals surface area (Å²) in [5, 5.41) is 8.68. The second-order valence-electron chi connectivity index (χ2n) is 2.39. The molecule has 0 radical (unpaired) electrons. The fourth-order valence-electron chi connectivity index (χ4n) is 0.958. The van der Waals surface area contributed by atoms with Crippen molar-refractivity contribution in [3.05, 3.63) is 17.3 Å². The predicted octanol–water partition coefficient (Wildman–Crippen LogP) is 1.50. The average molecular weight is 169 g/mol. The van der Waals surface area contributed by atoms with Gasteiger partial charge >= 0.3 is 5.97 Å². The standard InChI is InChI=1S/C8H11NO3/c1-3-5-7(8(10)11)9-6(4-2)12-5/h3-4H2,1-2H3,(H,10,11). The first-order valence-electron chi connectivity index (χ1n) is 3.90. The van der Waals surface area contributed by atoms with Crippen LogP contribution in [0.5, 0.6) is 0 Å². The Labute approximate surface area is 70.2 Å². The summed E-state index contributed by atoms with van der Waals surface area (Å²) < 4.78 is 5.18. The molecule has 0 aliphatic heterocycles. The highest BCUT2D eigenvalue weighted by atomic mass is 16.4. The predicted molar refractivity (Wildman–Crippen MR) is 42.2 cm³/mol. The van der Waals surface area contributed by atoms with Crippen LogP contribution in [-0.4, -0.2) is 16.1 Å². The Kier molecular flexibility index (Phi) is 2.47. The van der Waals surface area contributed by atoms with Crippen molar-refractivity contribution < 1.29 is 14.3 Å². The quantitative estimate of drug-likeness (QED) is 0.744. The van der Waals surface area contributed by atoms with Crippen LogP contribution in [0.2, 0.25) is 0 Å². The van der Waals surface area contributed by atoms with Crippen molar-refractivity contribution >= 4 is 5.97 Å². The van der Waals surface area contributed by atoms with Gasteiger partial charge in [-0.3, -0.25) is 0 Å². The summed E-state index contributed by atoms with van der Waals surface area (Å²) in [5.74, 6) is -0.0705. The fraction of sp³-hybridized carbons (Fsp3) is 0.500. The van der Waals surface area contributed by atoms with E-state index in [0.717, 1.165) is 0 Å². The third kappa shape index (κ3) is 1.47. The highest BCUT2D eigenvalue weighted by molar-refractivity contribution is 5.86. The van der Waals surface area contributed by atoms with Crippen molar-refractivity contribution in [2.45, 2.75) is 26.7 Å². The monoisotopic (exact) mass is 169 g/mol. The van der Waals surface area contributed by atoms with Gasteiger partial charge in [0.05, 0.1) is 0 Å². The minimum atomic E-state index is -1.02. The molecule has 0 aliphatic rings. The van der Waals surface area contributed by atoms with Gasteiger partial charge in [0, 0.05) is 12.8 Å². The minimum Gasteiger partial charge on any atom is -0.476 e. The number of carbonyl (C=O) groups is 1. The molecular weight excluding hydrogens is 158 g/mol. The topological polar surface area (TPSA) is 63.3 Å². The Hall–Kier alpha value is -1.32. The molecule has 0 saturated heterocycles. The molecule has 0 saturated carbocycles. The summed E-state index contributed by atoms with van der Waals surface area (Å²) in [6.45, 7) is 3.71. The highest BCUT2D eigenvalue weighted by Crippen LogP contribution is 2.12. The van der Waals surface area contributed by atoms with E-state index < -0.39 is 5.97 Å². The summed E-state index contributed by atoms with van der Waals surface area (Å²) >= 11 is 0. The third-order valence-electron chi connectivity index (χ3n) is 1.57. The second kappa shape index (κ2) is 3.38. The van der Waals surface area contributed by atoms with Crippen molar-refractivity contribution in [2.75, 3.05) is 0 Å². The molecule has 0 bridgehead atoms. The lowest BCUT2D eigenvalue weighted by Crippen LogP contribution is -2.00. The molecule has 0 spiro atoms. The van der Waals surface area contributed by atoms with E-state index in [1.807, 2.05) is 13.8 Å². The zero-order valence-corrected chi connectivity index (χ0v) is 7.13. The molecule has 0 aromatic carbocycles. The van der Waals surface area contributed by atoms with Gasteiger partial charge in [-0.25, -0.2) is 9.78 Å². The molecule has 66 valence electrons. The van der Waals surface area contributed by atoms with Crippen molar-refractivity contribution in [3.63, 3.8) is 0 Å². The molecule has 1 aromatic heterocycles. The van der Waals surface area contributed by atoms with Crippen molar-refractivity contribution in [3.8, 4) is 0 Å². The molecule has 0 amide bonds. The Morgan fingerprint density at radius 3 is 2.50 bits per heavy atom. The number of aromatic carboxylic acids is 1. The molecule has 0 unspecified atom stereocenters.